The van der Waals surface area contributed by atoms with Crippen LogP contribution in [0.25, 0.3) is 11.3 Å². The number of carbonyl (C=O) groups is 1. The molecule has 144 valence electrons. The Morgan fingerprint density at radius 2 is 2.11 bits per heavy atom. The highest BCUT2D eigenvalue weighted by atomic mass is 16.5. The lowest BCUT2D eigenvalue weighted by atomic mass is 9.96. The molecule has 0 saturated carbocycles. The number of amides is 1. The van der Waals surface area contributed by atoms with Gasteiger partial charge in [0.2, 0.25) is 5.91 Å². The van der Waals surface area contributed by atoms with E-state index in [1.54, 1.807) is 18.5 Å². The molecular weight excluding hydrogens is 346 g/mol. The van der Waals surface area contributed by atoms with Crippen LogP contribution < -0.4 is 10.2 Å². The second-order valence-electron chi connectivity index (χ2n) is 6.94. The number of nitrogens with one attached hydrogen (secondary N) is 1. The van der Waals surface area contributed by atoms with E-state index in [9.17, 15) is 4.79 Å². The van der Waals surface area contributed by atoms with Crippen molar-refractivity contribution in [1.82, 2.24) is 15.0 Å². The summed E-state index contributed by atoms with van der Waals surface area (Å²) in [7, 11) is 0. The molecule has 0 unspecified atom stereocenters. The van der Waals surface area contributed by atoms with Gasteiger partial charge in [-0.25, -0.2) is 9.97 Å². The molecule has 0 spiro atoms. The van der Waals surface area contributed by atoms with Crippen molar-refractivity contribution in [1.29, 1.82) is 0 Å². The summed E-state index contributed by atoms with van der Waals surface area (Å²) in [4.78, 5) is 27.4. The number of ether oxygens (including phenoxy) is 1. The van der Waals surface area contributed by atoms with Gasteiger partial charge in [-0.2, -0.15) is 0 Å². The van der Waals surface area contributed by atoms with Gasteiger partial charge < -0.3 is 20.1 Å². The Hall–Kier alpha value is -2.58. The van der Waals surface area contributed by atoms with Gasteiger partial charge in [0.1, 0.15) is 0 Å². The maximum Gasteiger partial charge on any atom is 0.245 e. The third-order valence-corrected chi connectivity index (χ3v) is 5.08. The number of hydrogen-bond acceptors (Lipinski definition) is 7. The Bertz CT molecular complexity index is 812. The Kier molecular flexibility index (Phi) is 5.26. The lowest BCUT2D eigenvalue weighted by Gasteiger charge is -2.31. The van der Waals surface area contributed by atoms with Crippen molar-refractivity contribution in [2.45, 2.75) is 25.9 Å². The van der Waals surface area contributed by atoms with Crippen molar-refractivity contribution in [3.05, 3.63) is 30.2 Å². The van der Waals surface area contributed by atoms with Gasteiger partial charge in [-0.1, -0.05) is 0 Å². The Balaban J connectivity index is 0.00000225. The fourth-order valence-corrected chi connectivity index (χ4v) is 3.47. The maximum atomic E-state index is 12.0. The summed E-state index contributed by atoms with van der Waals surface area (Å²) in [5.74, 6) is 1.76. The predicted molar refractivity (Wildman–Crippen MR) is 102 cm³/mol. The zero-order valence-corrected chi connectivity index (χ0v) is 15.1. The first-order valence-corrected chi connectivity index (χ1v) is 9.28. The molecule has 1 amide bonds. The van der Waals surface area contributed by atoms with Crippen LogP contribution in [0, 0.1) is 5.92 Å². The number of pyridine rings is 1. The van der Waals surface area contributed by atoms with Crippen molar-refractivity contribution in [3.8, 4) is 11.3 Å². The average Bonchev–Trinajstić information content (AvgIpc) is 2.72. The molecule has 8 heteroatoms. The number of aliphatic hydroxyl groups is 1. The van der Waals surface area contributed by atoms with Gasteiger partial charge in [0.25, 0.3) is 0 Å². The minimum atomic E-state index is -0.0951. The molecule has 1 fully saturated rings. The van der Waals surface area contributed by atoms with Gasteiger partial charge >= 0.3 is 0 Å². The first kappa shape index (κ1) is 17.8. The number of carbonyl (C=O) groups excluding carboxylic acids is 1. The van der Waals surface area contributed by atoms with Crippen molar-refractivity contribution >= 4 is 17.5 Å². The topological polar surface area (TPSA) is 100 Å². The highest BCUT2D eigenvalue weighted by Crippen LogP contribution is 2.29. The number of nitrogens with zero attached hydrogens (tertiary/aromatic N) is 4. The van der Waals surface area contributed by atoms with Crippen LogP contribution in [0.15, 0.2) is 24.5 Å². The standard InChI is InChI=1S/C19H23N5O3.H2/c25-12-15-2-1-14(9-20-15)16-10-21-18-19(22-16)24(11-17(26)23-18)6-3-13-4-7-27-8-5-13;/h1-2,9-10,13,25H,3-8,11-12H2,(H,21,23,26);1H. The number of fused-ring (bicyclic) bond motifs is 1. The zero-order chi connectivity index (χ0) is 18.6. The van der Waals surface area contributed by atoms with E-state index < -0.39 is 0 Å². The number of hydrogen-bond donors (Lipinski definition) is 2. The minimum Gasteiger partial charge on any atom is -0.390 e. The molecule has 2 aliphatic heterocycles. The molecule has 2 aromatic rings. The Morgan fingerprint density at radius 3 is 2.85 bits per heavy atom. The number of aromatic nitrogens is 3. The van der Waals surface area contributed by atoms with Crippen LogP contribution in [0.3, 0.4) is 0 Å². The van der Waals surface area contributed by atoms with Gasteiger partial charge in [0, 0.05) is 32.9 Å². The predicted octanol–water partition coefficient (Wildman–Crippen LogP) is 1.85. The summed E-state index contributed by atoms with van der Waals surface area (Å²) in [6.07, 6.45) is 6.46. The van der Waals surface area contributed by atoms with Crippen LogP contribution >= 0.6 is 0 Å². The third-order valence-electron chi connectivity index (χ3n) is 5.08. The summed E-state index contributed by atoms with van der Waals surface area (Å²) in [6.45, 7) is 2.61. The van der Waals surface area contributed by atoms with Gasteiger partial charge in [0.15, 0.2) is 11.6 Å². The lowest BCUT2D eigenvalue weighted by Crippen LogP contribution is -2.40. The maximum absolute atomic E-state index is 12.0. The van der Waals surface area contributed by atoms with Crippen LogP contribution in [0.1, 0.15) is 26.4 Å². The smallest absolute Gasteiger partial charge is 0.245 e. The third kappa shape index (κ3) is 4.06. The molecule has 0 atom stereocenters. The molecule has 0 radical (unpaired) electrons. The SMILES string of the molecule is O=C1CN(CCC2CCOCC2)c2nc(-c3ccc(CO)nc3)cnc2N1.[HH]. The second kappa shape index (κ2) is 7.98. The quantitative estimate of drug-likeness (QED) is 0.827. The second-order valence-corrected chi connectivity index (χ2v) is 6.94. The monoisotopic (exact) mass is 371 g/mol. The first-order chi connectivity index (χ1) is 13.2. The van der Waals surface area contributed by atoms with Crippen molar-refractivity contribution < 1.29 is 16.1 Å². The Morgan fingerprint density at radius 1 is 1.26 bits per heavy atom. The minimum absolute atomic E-state index is 0. The van der Waals surface area contributed by atoms with Crippen molar-refractivity contribution in [2.75, 3.05) is 36.5 Å². The molecule has 2 N–H and O–H groups in total. The van der Waals surface area contributed by atoms with Crippen LogP contribution in [0.4, 0.5) is 11.6 Å². The molecular formula is C19H25N5O3. The Labute approximate surface area is 159 Å². The van der Waals surface area contributed by atoms with Crippen molar-refractivity contribution in [2.24, 2.45) is 5.92 Å². The summed E-state index contributed by atoms with van der Waals surface area (Å²) in [6, 6.07) is 3.63. The fraction of sp³-hybridized carbons (Fsp3) is 0.474. The van der Waals surface area contributed by atoms with E-state index in [0.717, 1.165) is 44.6 Å². The summed E-state index contributed by atoms with van der Waals surface area (Å²) >= 11 is 0. The summed E-state index contributed by atoms with van der Waals surface area (Å²) in [5, 5.41) is 11.9. The lowest BCUT2D eigenvalue weighted by molar-refractivity contribution is -0.115. The van der Waals surface area contributed by atoms with E-state index in [2.05, 4.69) is 15.3 Å². The molecule has 4 heterocycles. The van der Waals surface area contributed by atoms with E-state index in [1.165, 1.54) is 0 Å². The van der Waals surface area contributed by atoms with E-state index in [0.29, 0.717) is 28.9 Å². The first-order valence-electron chi connectivity index (χ1n) is 9.28. The fourth-order valence-electron chi connectivity index (χ4n) is 3.47. The molecule has 0 aromatic carbocycles. The van der Waals surface area contributed by atoms with Gasteiger partial charge in [0.05, 0.1) is 30.7 Å². The normalized spacial score (nSPS) is 17.5. The van der Waals surface area contributed by atoms with Crippen LogP contribution in [0.2, 0.25) is 0 Å². The van der Waals surface area contributed by atoms with Gasteiger partial charge in [-0.15, -0.1) is 0 Å². The highest BCUT2D eigenvalue weighted by molar-refractivity contribution is 5.99. The number of rotatable bonds is 5. The molecule has 8 nitrogen and oxygen atoms in total. The largest absolute Gasteiger partial charge is 0.390 e. The van der Waals surface area contributed by atoms with E-state index in [-0.39, 0.29) is 20.5 Å². The van der Waals surface area contributed by atoms with Crippen LogP contribution in [-0.2, 0) is 16.1 Å². The molecule has 27 heavy (non-hydrogen) atoms. The summed E-state index contributed by atoms with van der Waals surface area (Å²) < 4.78 is 5.42. The van der Waals surface area contributed by atoms with E-state index >= 15 is 0 Å². The molecule has 2 aromatic heterocycles. The molecule has 4 rings (SSSR count). The van der Waals surface area contributed by atoms with E-state index in [1.807, 2.05) is 11.0 Å². The summed E-state index contributed by atoms with van der Waals surface area (Å²) in [5.41, 5.74) is 2.12. The molecule has 2 aliphatic rings. The molecule has 0 aliphatic carbocycles. The highest BCUT2D eigenvalue weighted by Gasteiger charge is 2.26. The van der Waals surface area contributed by atoms with Crippen molar-refractivity contribution in [3.63, 3.8) is 0 Å². The number of anilines is 2. The van der Waals surface area contributed by atoms with Gasteiger partial charge in [-0.3, -0.25) is 9.78 Å². The average molecular weight is 371 g/mol. The van der Waals surface area contributed by atoms with E-state index in [4.69, 9.17) is 14.8 Å². The zero-order valence-electron chi connectivity index (χ0n) is 15.1. The van der Waals surface area contributed by atoms with Gasteiger partial charge in [-0.05, 0) is 37.3 Å². The van der Waals surface area contributed by atoms with Crippen LogP contribution in [-0.4, -0.2) is 52.3 Å². The number of aliphatic hydroxyl groups excluding tert-OH is 1. The molecule has 0 bridgehead atoms. The molecule has 1 saturated heterocycles. The van der Waals surface area contributed by atoms with Crippen LogP contribution in [0.5, 0.6) is 0 Å².